The normalized spacial score (nSPS) is 13.3. The first-order chi connectivity index (χ1) is 13.2. The van der Waals surface area contributed by atoms with Crippen molar-refractivity contribution < 1.29 is 38.9 Å². The Labute approximate surface area is 169 Å². The fourth-order valence-electron chi connectivity index (χ4n) is 2.26. The topological polar surface area (TPSA) is 211 Å². The van der Waals surface area contributed by atoms with Crippen LogP contribution in [0.1, 0.15) is 0 Å². The Hall–Kier alpha value is -2.26. The summed E-state index contributed by atoms with van der Waals surface area (Å²) < 4.78 is 97.9. The highest BCUT2D eigenvalue weighted by molar-refractivity contribution is 8.13. The fraction of sp³-hybridized carbons (Fsp3) is 0.0769. The zero-order valence-electron chi connectivity index (χ0n) is 14.1. The van der Waals surface area contributed by atoms with E-state index in [0.717, 1.165) is 23.9 Å². The quantitative estimate of drug-likeness (QED) is 0.158. The van der Waals surface area contributed by atoms with Crippen LogP contribution < -0.4 is 5.32 Å². The molecule has 4 N–H and O–H groups in total. The van der Waals surface area contributed by atoms with Gasteiger partial charge in [-0.1, -0.05) is 11.8 Å². The first-order valence-corrected chi connectivity index (χ1v) is 12.5. The van der Waals surface area contributed by atoms with Gasteiger partial charge in [0.1, 0.15) is 9.79 Å². The van der Waals surface area contributed by atoms with E-state index in [4.69, 9.17) is 5.26 Å². The van der Waals surface area contributed by atoms with Crippen LogP contribution in [0.4, 0.5) is 5.69 Å². The van der Waals surface area contributed by atoms with Gasteiger partial charge < -0.3 is 0 Å². The van der Waals surface area contributed by atoms with E-state index in [9.17, 15) is 38.9 Å². The smallest absolute Gasteiger partial charge is 0.282 e. The van der Waals surface area contributed by atoms with Crippen molar-refractivity contribution in [2.24, 2.45) is 4.99 Å². The number of amidine groups is 1. The van der Waals surface area contributed by atoms with Crippen LogP contribution in [0.3, 0.4) is 0 Å². The average molecular weight is 482 g/mol. The van der Waals surface area contributed by atoms with Gasteiger partial charge in [-0.3, -0.25) is 19.0 Å². The van der Waals surface area contributed by atoms with Crippen LogP contribution in [0.15, 0.2) is 43.9 Å². The molecule has 0 fully saturated rings. The monoisotopic (exact) mass is 481 g/mol. The van der Waals surface area contributed by atoms with Crippen LogP contribution in [0.25, 0.3) is 10.8 Å². The van der Waals surface area contributed by atoms with Gasteiger partial charge in [0.15, 0.2) is 11.4 Å². The molecule has 2 aromatic rings. The summed E-state index contributed by atoms with van der Waals surface area (Å²) in [6, 6.07) is 2.77. The highest BCUT2D eigenvalue weighted by Gasteiger charge is 2.24. The molecule has 0 aromatic heterocycles. The number of benzene rings is 2. The minimum atomic E-state index is -5.03. The summed E-state index contributed by atoms with van der Waals surface area (Å²) in [6.45, 7) is 0. The highest BCUT2D eigenvalue weighted by atomic mass is 32.2. The molecule has 0 radical (unpaired) electrons. The lowest BCUT2D eigenvalue weighted by Crippen LogP contribution is -2.13. The summed E-state index contributed by atoms with van der Waals surface area (Å²) in [7, 11) is -14.9. The molecule has 0 spiro atoms. The van der Waals surface area contributed by atoms with Crippen LogP contribution in [0, 0.1) is 11.5 Å². The van der Waals surface area contributed by atoms with Gasteiger partial charge in [0, 0.05) is 5.39 Å². The van der Waals surface area contributed by atoms with Crippen molar-refractivity contribution in [2.75, 3.05) is 6.26 Å². The first-order valence-electron chi connectivity index (χ1n) is 7.00. The van der Waals surface area contributed by atoms with Crippen molar-refractivity contribution in [1.29, 1.82) is 5.26 Å². The highest BCUT2D eigenvalue weighted by Crippen LogP contribution is 2.35. The Bertz CT molecular complexity index is 1390. The van der Waals surface area contributed by atoms with E-state index in [2.05, 4.69) is 10.3 Å². The molecule has 0 aliphatic carbocycles. The van der Waals surface area contributed by atoms with Crippen molar-refractivity contribution in [3.05, 3.63) is 24.3 Å². The number of nitriles is 1. The maximum atomic E-state index is 11.7. The lowest BCUT2D eigenvalue weighted by atomic mass is 10.1. The van der Waals surface area contributed by atoms with E-state index in [1.807, 2.05) is 0 Å². The summed E-state index contributed by atoms with van der Waals surface area (Å²) in [5.74, 6) is 0. The summed E-state index contributed by atoms with van der Waals surface area (Å²) in [5, 5.41) is 10.00. The molecular weight excluding hydrogens is 470 g/mol. The molecule has 0 amide bonds. The van der Waals surface area contributed by atoms with Crippen LogP contribution >= 0.6 is 11.8 Å². The molecule has 2 aromatic carbocycles. The Morgan fingerprint density at radius 2 is 1.55 bits per heavy atom. The summed E-state index contributed by atoms with van der Waals surface area (Å²) in [4.78, 5) is 1.10. The lowest BCUT2D eigenvalue weighted by molar-refractivity contribution is 0.480. The molecular formula is C13H11N3O9S4. The lowest BCUT2D eigenvalue weighted by Gasteiger charge is -2.11. The SMILES string of the molecule is CSC(=Nc1cc2c(S(=O)(=O)O)cc(S(=O)(=O)O)cc2cc1S(=O)(=O)O)NC#N. The Morgan fingerprint density at radius 1 is 0.966 bits per heavy atom. The largest absolute Gasteiger partial charge is 0.296 e. The number of thioether (sulfide) groups is 1. The second-order valence-electron chi connectivity index (χ2n) is 5.25. The van der Waals surface area contributed by atoms with Crippen molar-refractivity contribution in [1.82, 2.24) is 5.32 Å². The molecule has 2 rings (SSSR count). The molecule has 0 atom stereocenters. The number of nitrogens with one attached hydrogen (secondary N) is 1. The molecule has 0 aliphatic rings. The minimum Gasteiger partial charge on any atom is -0.282 e. The van der Waals surface area contributed by atoms with Crippen LogP contribution in [0.5, 0.6) is 0 Å². The molecule has 0 bridgehead atoms. The maximum absolute atomic E-state index is 11.7. The Kier molecular flexibility index (Phi) is 6.25. The van der Waals surface area contributed by atoms with Crippen LogP contribution in [0.2, 0.25) is 0 Å². The third-order valence-electron chi connectivity index (χ3n) is 3.40. The molecule has 16 heteroatoms. The van der Waals surface area contributed by atoms with Gasteiger partial charge in [-0.15, -0.1) is 0 Å². The predicted molar refractivity (Wildman–Crippen MR) is 103 cm³/mol. The van der Waals surface area contributed by atoms with Gasteiger partial charge in [0.05, 0.1) is 10.6 Å². The number of hydrogen-bond acceptors (Lipinski definition) is 9. The Morgan fingerprint density at radius 3 is 2.00 bits per heavy atom. The molecule has 12 nitrogen and oxygen atoms in total. The fourth-order valence-corrected chi connectivity index (χ4v) is 4.59. The van der Waals surface area contributed by atoms with E-state index in [-0.39, 0.29) is 15.9 Å². The van der Waals surface area contributed by atoms with Crippen LogP contribution in [-0.4, -0.2) is 50.3 Å². The van der Waals surface area contributed by atoms with Gasteiger partial charge in [-0.25, -0.2) is 4.99 Å². The second kappa shape index (κ2) is 7.87. The van der Waals surface area contributed by atoms with Crippen molar-refractivity contribution in [2.45, 2.75) is 14.7 Å². The standard InChI is InChI=1S/C13H11N3O9S4/c1-26-13(15-6-14)16-10-5-9-7(3-12(10)29(23,24)25)2-8(27(17,18)19)4-11(9)28(20,21)22/h2-5H,1H3,(H,15,16)(H,17,18,19)(H,20,21,22)(H,23,24,25). The maximum Gasteiger partial charge on any atom is 0.296 e. The number of fused-ring (bicyclic) bond motifs is 1. The van der Waals surface area contributed by atoms with Gasteiger partial charge in [0.2, 0.25) is 0 Å². The molecule has 0 saturated heterocycles. The predicted octanol–water partition coefficient (Wildman–Crippen LogP) is 1.00. The zero-order chi connectivity index (χ0) is 22.2. The summed E-state index contributed by atoms with van der Waals surface area (Å²) in [6.07, 6.45) is 3.04. The van der Waals surface area contributed by atoms with E-state index in [1.165, 1.54) is 6.26 Å². The van der Waals surface area contributed by atoms with E-state index in [0.29, 0.717) is 12.1 Å². The first kappa shape index (κ1) is 23.0. The minimum absolute atomic E-state index is 0.111. The molecule has 0 saturated carbocycles. The van der Waals surface area contributed by atoms with Crippen LogP contribution in [-0.2, 0) is 30.4 Å². The molecule has 0 heterocycles. The van der Waals surface area contributed by atoms with E-state index < -0.39 is 50.7 Å². The molecule has 0 unspecified atom stereocenters. The van der Waals surface area contributed by atoms with E-state index >= 15 is 0 Å². The second-order valence-corrected chi connectivity index (χ2v) is 10.2. The van der Waals surface area contributed by atoms with Gasteiger partial charge in [0.25, 0.3) is 30.4 Å². The van der Waals surface area contributed by atoms with Crippen molar-refractivity contribution in [3.8, 4) is 6.19 Å². The molecule has 29 heavy (non-hydrogen) atoms. The van der Waals surface area contributed by atoms with Gasteiger partial charge in [-0.05, 0) is 35.9 Å². The number of nitrogens with zero attached hydrogens (tertiary/aromatic N) is 2. The number of aliphatic imine (C=N–C) groups is 1. The van der Waals surface area contributed by atoms with Crippen molar-refractivity contribution in [3.63, 3.8) is 0 Å². The Balaban J connectivity index is 3.09. The third-order valence-corrected chi connectivity index (χ3v) is 6.59. The molecule has 156 valence electrons. The third kappa shape index (κ3) is 5.22. The number of hydrogen-bond donors (Lipinski definition) is 4. The zero-order valence-corrected chi connectivity index (χ0v) is 17.4. The summed E-state index contributed by atoms with van der Waals surface area (Å²) >= 11 is 0.890. The summed E-state index contributed by atoms with van der Waals surface area (Å²) in [5.41, 5.74) is -0.503. The molecule has 0 aliphatic heterocycles. The van der Waals surface area contributed by atoms with Gasteiger partial charge in [-0.2, -0.15) is 30.5 Å². The number of rotatable bonds is 4. The van der Waals surface area contributed by atoms with E-state index in [1.54, 1.807) is 6.19 Å². The average Bonchev–Trinajstić information content (AvgIpc) is 2.57. The van der Waals surface area contributed by atoms with Gasteiger partial charge >= 0.3 is 0 Å². The van der Waals surface area contributed by atoms with Crippen molar-refractivity contribution >= 4 is 63.7 Å².